The Balaban J connectivity index is 1.61. The molecule has 1 aliphatic heterocycles. The Hall–Kier alpha value is -2.80. The molecule has 4 rings (SSSR count). The van der Waals surface area contributed by atoms with Crippen LogP contribution in [0.1, 0.15) is 17.7 Å². The quantitative estimate of drug-likeness (QED) is 0.711. The van der Waals surface area contributed by atoms with Crippen LogP contribution in [0.15, 0.2) is 48.5 Å². The zero-order valence-corrected chi connectivity index (χ0v) is 16.8. The first-order valence-electron chi connectivity index (χ1n) is 9.25. The van der Waals surface area contributed by atoms with Crippen molar-refractivity contribution in [3.8, 4) is 5.75 Å². The molecule has 0 amide bonds. The van der Waals surface area contributed by atoms with Gasteiger partial charge in [-0.1, -0.05) is 24.3 Å². The van der Waals surface area contributed by atoms with Crippen LogP contribution in [0.2, 0.25) is 0 Å². The lowest BCUT2D eigenvalue weighted by atomic mass is 10.1. The summed E-state index contributed by atoms with van der Waals surface area (Å²) in [6, 6.07) is 15.6. The van der Waals surface area contributed by atoms with E-state index in [0.29, 0.717) is 19.5 Å². The van der Waals surface area contributed by atoms with Gasteiger partial charge in [0, 0.05) is 29.9 Å². The number of aryl methyl sites for hydroxylation is 1. The van der Waals surface area contributed by atoms with Crippen LogP contribution in [0.3, 0.4) is 0 Å². The molecule has 0 atom stereocenters. The number of fused-ring (bicyclic) bond motifs is 1. The van der Waals surface area contributed by atoms with Gasteiger partial charge in [0.2, 0.25) is 10.0 Å². The maximum atomic E-state index is 12.2. The Morgan fingerprint density at radius 1 is 1.18 bits per heavy atom. The fourth-order valence-electron chi connectivity index (χ4n) is 3.61. The fourth-order valence-corrected chi connectivity index (χ4v) is 5.17. The lowest BCUT2D eigenvalue weighted by molar-refractivity contribution is 0.419. The molecule has 2 aromatic carbocycles. The second-order valence-electron chi connectivity index (χ2n) is 6.93. The van der Waals surface area contributed by atoms with Crippen LogP contribution >= 0.6 is 0 Å². The van der Waals surface area contributed by atoms with E-state index in [4.69, 9.17) is 4.74 Å². The van der Waals surface area contributed by atoms with E-state index in [0.717, 1.165) is 39.3 Å². The van der Waals surface area contributed by atoms with Crippen LogP contribution in [0, 0.1) is 6.92 Å². The van der Waals surface area contributed by atoms with Crippen molar-refractivity contribution in [2.75, 3.05) is 29.0 Å². The van der Waals surface area contributed by atoms with E-state index in [1.165, 1.54) is 4.31 Å². The molecule has 0 radical (unpaired) electrons. The minimum Gasteiger partial charge on any atom is -0.494 e. The molecule has 1 fully saturated rings. The molecule has 146 valence electrons. The number of benzene rings is 2. The number of nitrogens with one attached hydrogen (secondary N) is 1. The number of pyridine rings is 1. The molecular formula is C21H23N3O3S. The molecule has 7 heteroatoms. The summed E-state index contributed by atoms with van der Waals surface area (Å²) >= 11 is 0. The summed E-state index contributed by atoms with van der Waals surface area (Å²) in [5, 5.41) is 4.46. The maximum Gasteiger partial charge on any atom is 0.235 e. The third kappa shape index (κ3) is 3.49. The molecule has 3 aromatic rings. The standard InChI is InChI=1S/C21H23N3O3S/c1-15-12-19(18-8-4-9-20(27-2)21(18)23-15)22-14-16-6-3-7-17(13-16)24-10-5-11-28(24,25)26/h3-4,6-9,12-13H,5,10-11,14H2,1-2H3,(H,22,23). The number of para-hydroxylation sites is 1. The lowest BCUT2D eigenvalue weighted by Gasteiger charge is -2.18. The molecule has 1 saturated heterocycles. The molecule has 0 saturated carbocycles. The average molecular weight is 398 g/mol. The van der Waals surface area contributed by atoms with Gasteiger partial charge in [-0.25, -0.2) is 13.4 Å². The summed E-state index contributed by atoms with van der Waals surface area (Å²) in [5.74, 6) is 0.963. The van der Waals surface area contributed by atoms with Crippen molar-refractivity contribution in [3.05, 3.63) is 59.8 Å². The first kappa shape index (κ1) is 18.6. The van der Waals surface area contributed by atoms with Gasteiger partial charge >= 0.3 is 0 Å². The SMILES string of the molecule is COc1cccc2c(NCc3cccc(N4CCCS4(=O)=O)c3)cc(C)nc12. The van der Waals surface area contributed by atoms with E-state index in [2.05, 4.69) is 10.3 Å². The summed E-state index contributed by atoms with van der Waals surface area (Å²) in [6.07, 6.45) is 0.676. The summed E-state index contributed by atoms with van der Waals surface area (Å²) in [5.41, 5.74) is 4.45. The zero-order valence-electron chi connectivity index (χ0n) is 16.0. The fraction of sp³-hybridized carbons (Fsp3) is 0.286. The van der Waals surface area contributed by atoms with E-state index in [-0.39, 0.29) is 5.75 Å². The van der Waals surface area contributed by atoms with Crippen molar-refractivity contribution in [2.45, 2.75) is 19.9 Å². The van der Waals surface area contributed by atoms with Crippen molar-refractivity contribution in [1.29, 1.82) is 0 Å². The van der Waals surface area contributed by atoms with Crippen LogP contribution in [0.4, 0.5) is 11.4 Å². The number of aromatic nitrogens is 1. The molecule has 28 heavy (non-hydrogen) atoms. The number of rotatable bonds is 5. The summed E-state index contributed by atoms with van der Waals surface area (Å²) in [4.78, 5) is 4.61. The minimum atomic E-state index is -3.18. The molecule has 6 nitrogen and oxygen atoms in total. The highest BCUT2D eigenvalue weighted by atomic mass is 32.2. The number of sulfonamides is 1. The molecule has 1 aromatic heterocycles. The monoisotopic (exact) mass is 397 g/mol. The van der Waals surface area contributed by atoms with Gasteiger partial charge in [0.25, 0.3) is 0 Å². The molecule has 1 N–H and O–H groups in total. The number of hydrogen-bond donors (Lipinski definition) is 1. The van der Waals surface area contributed by atoms with Gasteiger partial charge in [0.15, 0.2) is 0 Å². The first-order valence-corrected chi connectivity index (χ1v) is 10.9. The Morgan fingerprint density at radius 2 is 2.00 bits per heavy atom. The molecule has 0 unspecified atom stereocenters. The summed E-state index contributed by atoms with van der Waals surface area (Å²) in [7, 11) is -1.53. The number of ether oxygens (including phenoxy) is 1. The van der Waals surface area contributed by atoms with Crippen LogP contribution in [0.5, 0.6) is 5.75 Å². The second kappa shape index (κ2) is 7.31. The minimum absolute atomic E-state index is 0.222. The van der Waals surface area contributed by atoms with Gasteiger partial charge in [-0.2, -0.15) is 0 Å². The molecule has 0 bridgehead atoms. The van der Waals surface area contributed by atoms with E-state index >= 15 is 0 Å². The highest BCUT2D eigenvalue weighted by molar-refractivity contribution is 7.93. The van der Waals surface area contributed by atoms with Crippen molar-refractivity contribution in [2.24, 2.45) is 0 Å². The van der Waals surface area contributed by atoms with Crippen molar-refractivity contribution in [3.63, 3.8) is 0 Å². The lowest BCUT2D eigenvalue weighted by Crippen LogP contribution is -2.25. The summed E-state index contributed by atoms with van der Waals surface area (Å²) < 4.78 is 31.3. The predicted octanol–water partition coefficient (Wildman–Crippen LogP) is 3.70. The Morgan fingerprint density at radius 3 is 2.75 bits per heavy atom. The number of methoxy groups -OCH3 is 1. The topological polar surface area (TPSA) is 71.5 Å². The highest BCUT2D eigenvalue weighted by Gasteiger charge is 2.28. The van der Waals surface area contributed by atoms with Crippen LogP contribution in [-0.2, 0) is 16.6 Å². The van der Waals surface area contributed by atoms with Gasteiger partial charge in [-0.15, -0.1) is 0 Å². The Kier molecular flexibility index (Phi) is 4.85. The van der Waals surface area contributed by atoms with Crippen molar-refractivity contribution < 1.29 is 13.2 Å². The van der Waals surface area contributed by atoms with E-state index in [1.54, 1.807) is 7.11 Å². The van der Waals surface area contributed by atoms with E-state index < -0.39 is 10.0 Å². The van der Waals surface area contributed by atoms with Crippen LogP contribution < -0.4 is 14.4 Å². The predicted molar refractivity (Wildman–Crippen MR) is 113 cm³/mol. The third-order valence-electron chi connectivity index (χ3n) is 4.93. The molecule has 0 aliphatic carbocycles. The Bertz CT molecular complexity index is 1130. The highest BCUT2D eigenvalue weighted by Crippen LogP contribution is 2.30. The van der Waals surface area contributed by atoms with E-state index in [1.807, 2.05) is 55.5 Å². The maximum absolute atomic E-state index is 12.2. The van der Waals surface area contributed by atoms with Gasteiger partial charge in [0.05, 0.1) is 18.6 Å². The number of nitrogens with zero attached hydrogens (tertiary/aromatic N) is 2. The van der Waals surface area contributed by atoms with E-state index in [9.17, 15) is 8.42 Å². The van der Waals surface area contributed by atoms with Gasteiger partial charge in [-0.05, 0) is 43.2 Å². The third-order valence-corrected chi connectivity index (χ3v) is 6.80. The van der Waals surface area contributed by atoms with Crippen molar-refractivity contribution >= 4 is 32.3 Å². The van der Waals surface area contributed by atoms with Crippen LogP contribution in [-0.4, -0.2) is 32.8 Å². The van der Waals surface area contributed by atoms with Crippen molar-refractivity contribution in [1.82, 2.24) is 4.98 Å². The van der Waals surface area contributed by atoms with Crippen LogP contribution in [0.25, 0.3) is 10.9 Å². The average Bonchev–Trinajstić information content (AvgIpc) is 3.05. The van der Waals surface area contributed by atoms with Gasteiger partial charge in [0.1, 0.15) is 11.3 Å². The van der Waals surface area contributed by atoms with Gasteiger partial charge in [-0.3, -0.25) is 4.31 Å². The number of hydrogen-bond acceptors (Lipinski definition) is 5. The smallest absolute Gasteiger partial charge is 0.235 e. The molecule has 0 spiro atoms. The normalized spacial score (nSPS) is 15.7. The molecular weight excluding hydrogens is 374 g/mol. The van der Waals surface area contributed by atoms with Gasteiger partial charge < -0.3 is 10.1 Å². The number of anilines is 2. The zero-order chi connectivity index (χ0) is 19.7. The molecule has 2 heterocycles. The largest absolute Gasteiger partial charge is 0.494 e. The molecule has 1 aliphatic rings. The Labute approximate surface area is 165 Å². The summed E-state index contributed by atoms with van der Waals surface area (Å²) in [6.45, 7) is 3.08. The first-order chi connectivity index (χ1) is 13.5. The second-order valence-corrected chi connectivity index (χ2v) is 8.95.